The first-order chi connectivity index (χ1) is 13.7. The van der Waals surface area contributed by atoms with Crippen molar-refractivity contribution in [1.29, 1.82) is 0 Å². The Morgan fingerprint density at radius 1 is 1.07 bits per heavy atom. The Morgan fingerprint density at radius 3 is 2.21 bits per heavy atom. The zero-order valence-corrected chi connectivity index (χ0v) is 17.9. The summed E-state index contributed by atoms with van der Waals surface area (Å²) in [6, 6.07) is 13.3. The molecule has 1 N–H and O–H groups in total. The van der Waals surface area contributed by atoms with Gasteiger partial charge in [-0.15, -0.1) is 0 Å². The summed E-state index contributed by atoms with van der Waals surface area (Å²) in [5, 5.41) is 2.80. The first-order valence-electron chi connectivity index (χ1n) is 9.88. The van der Waals surface area contributed by atoms with Crippen LogP contribution in [-0.2, 0) is 14.8 Å². The Kier molecular flexibility index (Phi) is 6.47. The average Bonchev–Trinajstić information content (AvgIpc) is 3.17. The van der Waals surface area contributed by atoms with E-state index in [1.165, 1.54) is 12.8 Å². The number of aryl methyl sites for hydroxylation is 1. The molecule has 2 aromatic carbocycles. The van der Waals surface area contributed by atoms with Gasteiger partial charge in [-0.25, -0.2) is 8.42 Å². The molecule has 1 aliphatic carbocycles. The zero-order chi connectivity index (χ0) is 21.0. The van der Waals surface area contributed by atoms with E-state index in [2.05, 4.69) is 5.32 Å². The number of carbonyl (C=O) groups excluding carboxylic acids is 1. The molecule has 0 radical (unpaired) electrons. The molecule has 0 spiro atoms. The molecule has 2 aromatic rings. The second kappa shape index (κ2) is 8.86. The van der Waals surface area contributed by atoms with Gasteiger partial charge in [0, 0.05) is 5.69 Å². The van der Waals surface area contributed by atoms with E-state index in [1.54, 1.807) is 31.2 Å². The van der Waals surface area contributed by atoms with Gasteiger partial charge < -0.3 is 10.1 Å². The number of rotatable bonds is 7. The van der Waals surface area contributed by atoms with Crippen LogP contribution in [-0.4, -0.2) is 32.7 Å². The summed E-state index contributed by atoms with van der Waals surface area (Å²) >= 11 is 0. The van der Waals surface area contributed by atoms with Crippen LogP contribution in [0.1, 0.15) is 38.2 Å². The van der Waals surface area contributed by atoms with Crippen molar-refractivity contribution in [3.8, 4) is 5.75 Å². The number of hydrogen-bond acceptors (Lipinski definition) is 4. The number of nitrogens with one attached hydrogen (secondary N) is 1. The second-order valence-electron chi connectivity index (χ2n) is 7.61. The number of amides is 1. The maximum atomic E-state index is 12.8. The fourth-order valence-electron chi connectivity index (χ4n) is 3.56. The minimum absolute atomic E-state index is 0.272. The molecule has 1 fully saturated rings. The van der Waals surface area contributed by atoms with Crippen LogP contribution < -0.4 is 14.4 Å². The van der Waals surface area contributed by atoms with Crippen LogP contribution in [0.5, 0.6) is 5.75 Å². The molecule has 1 atom stereocenters. The van der Waals surface area contributed by atoms with E-state index >= 15 is 0 Å². The molecular weight excluding hydrogens is 388 g/mol. The van der Waals surface area contributed by atoms with Crippen LogP contribution in [0.2, 0.25) is 0 Å². The summed E-state index contributed by atoms with van der Waals surface area (Å²) < 4.78 is 31.8. The summed E-state index contributed by atoms with van der Waals surface area (Å²) in [7, 11) is -3.64. The van der Waals surface area contributed by atoms with E-state index < -0.39 is 22.0 Å². The fraction of sp³-hybridized carbons (Fsp3) is 0.409. The van der Waals surface area contributed by atoms with Crippen LogP contribution >= 0.6 is 0 Å². The Morgan fingerprint density at radius 2 is 1.66 bits per heavy atom. The normalized spacial score (nSPS) is 15.7. The molecule has 0 aliphatic heterocycles. The lowest BCUT2D eigenvalue weighted by atomic mass is 10.2. The summed E-state index contributed by atoms with van der Waals surface area (Å²) in [5.41, 5.74) is 2.07. The number of benzene rings is 2. The van der Waals surface area contributed by atoms with Crippen molar-refractivity contribution >= 4 is 27.3 Å². The van der Waals surface area contributed by atoms with E-state index in [0.717, 1.165) is 34.7 Å². The molecule has 0 heterocycles. The second-order valence-corrected chi connectivity index (χ2v) is 9.47. The number of ether oxygens (including phenoxy) is 1. The van der Waals surface area contributed by atoms with Crippen LogP contribution in [0.15, 0.2) is 48.5 Å². The zero-order valence-electron chi connectivity index (χ0n) is 17.1. The van der Waals surface area contributed by atoms with Crippen LogP contribution in [0.4, 0.5) is 11.4 Å². The average molecular weight is 417 g/mol. The highest BCUT2D eigenvalue weighted by molar-refractivity contribution is 7.92. The molecule has 7 heteroatoms. The van der Waals surface area contributed by atoms with Gasteiger partial charge in [0.1, 0.15) is 11.8 Å². The molecule has 29 heavy (non-hydrogen) atoms. The molecule has 0 saturated heterocycles. The van der Waals surface area contributed by atoms with Crippen molar-refractivity contribution in [2.24, 2.45) is 0 Å². The molecular formula is C22H28N2O4S. The minimum atomic E-state index is -3.64. The van der Waals surface area contributed by atoms with Crippen molar-refractivity contribution < 1.29 is 17.9 Å². The molecule has 1 amide bonds. The van der Waals surface area contributed by atoms with Gasteiger partial charge in [0.25, 0.3) is 0 Å². The number of nitrogens with zero attached hydrogens (tertiary/aromatic N) is 1. The fourth-order valence-corrected chi connectivity index (χ4v) is 4.74. The third kappa shape index (κ3) is 5.50. The van der Waals surface area contributed by atoms with Crippen LogP contribution in [0.3, 0.4) is 0 Å². The maximum Gasteiger partial charge on any atom is 0.247 e. The highest BCUT2D eigenvalue weighted by Gasteiger charge is 2.29. The number of sulfonamides is 1. The predicted octanol–water partition coefficient (Wildman–Crippen LogP) is 4.11. The quantitative estimate of drug-likeness (QED) is 0.737. The van der Waals surface area contributed by atoms with E-state index in [0.29, 0.717) is 11.4 Å². The largest absolute Gasteiger partial charge is 0.490 e. The van der Waals surface area contributed by atoms with Crippen molar-refractivity contribution in [3.63, 3.8) is 0 Å². The Hall–Kier alpha value is -2.54. The molecule has 1 aliphatic rings. The Balaban J connectivity index is 1.69. The van der Waals surface area contributed by atoms with Crippen LogP contribution in [0.25, 0.3) is 0 Å². The minimum Gasteiger partial charge on any atom is -0.490 e. The molecule has 6 nitrogen and oxygen atoms in total. The van der Waals surface area contributed by atoms with E-state index in [9.17, 15) is 13.2 Å². The summed E-state index contributed by atoms with van der Waals surface area (Å²) in [6.45, 7) is 3.50. The Labute approximate surface area is 172 Å². The molecule has 0 aromatic heterocycles. The van der Waals surface area contributed by atoms with Crippen molar-refractivity contribution in [2.45, 2.75) is 51.7 Å². The third-order valence-corrected chi connectivity index (χ3v) is 6.35. The monoisotopic (exact) mass is 416 g/mol. The highest BCUT2D eigenvalue weighted by atomic mass is 32.2. The lowest BCUT2D eigenvalue weighted by Gasteiger charge is -2.28. The lowest BCUT2D eigenvalue weighted by Crippen LogP contribution is -2.45. The predicted molar refractivity (Wildman–Crippen MR) is 116 cm³/mol. The smallest absolute Gasteiger partial charge is 0.247 e. The van der Waals surface area contributed by atoms with Crippen molar-refractivity contribution in [3.05, 3.63) is 54.1 Å². The number of carbonyl (C=O) groups is 1. The summed E-state index contributed by atoms with van der Waals surface area (Å²) in [4.78, 5) is 12.8. The van der Waals surface area contributed by atoms with E-state index in [1.807, 2.05) is 31.2 Å². The van der Waals surface area contributed by atoms with Gasteiger partial charge in [-0.2, -0.15) is 0 Å². The molecule has 0 bridgehead atoms. The molecule has 3 rings (SSSR count). The van der Waals surface area contributed by atoms with E-state index in [-0.39, 0.29) is 6.10 Å². The van der Waals surface area contributed by atoms with Gasteiger partial charge in [0.2, 0.25) is 15.9 Å². The van der Waals surface area contributed by atoms with Crippen molar-refractivity contribution in [1.82, 2.24) is 0 Å². The maximum absolute atomic E-state index is 12.8. The molecule has 1 unspecified atom stereocenters. The van der Waals surface area contributed by atoms with Gasteiger partial charge in [0.15, 0.2) is 0 Å². The van der Waals surface area contributed by atoms with Gasteiger partial charge in [-0.3, -0.25) is 9.10 Å². The van der Waals surface area contributed by atoms with E-state index in [4.69, 9.17) is 4.74 Å². The number of anilines is 2. The van der Waals surface area contributed by atoms with Gasteiger partial charge in [-0.05, 0) is 75.9 Å². The molecule has 1 saturated carbocycles. The summed E-state index contributed by atoms with van der Waals surface area (Å²) in [6.07, 6.45) is 5.94. The highest BCUT2D eigenvalue weighted by Crippen LogP contribution is 2.26. The SMILES string of the molecule is Cc1ccc(N(C(C)C(=O)Nc2ccc(OC3CCCC3)cc2)S(C)(=O)=O)cc1. The van der Waals surface area contributed by atoms with Gasteiger partial charge in [-0.1, -0.05) is 17.7 Å². The van der Waals surface area contributed by atoms with Crippen LogP contribution in [0, 0.1) is 6.92 Å². The van der Waals surface area contributed by atoms with Gasteiger partial charge >= 0.3 is 0 Å². The topological polar surface area (TPSA) is 75.7 Å². The standard InChI is InChI=1S/C22H28N2O4S/c1-16-8-12-19(13-9-16)24(29(3,26)27)17(2)22(25)23-18-10-14-21(15-11-18)28-20-6-4-5-7-20/h8-15,17,20H,4-7H2,1-3H3,(H,23,25). The first kappa shape index (κ1) is 21.2. The lowest BCUT2D eigenvalue weighted by molar-refractivity contribution is -0.116. The third-order valence-electron chi connectivity index (χ3n) is 5.10. The Bertz CT molecular complexity index is 934. The summed E-state index contributed by atoms with van der Waals surface area (Å²) in [5.74, 6) is 0.376. The first-order valence-corrected chi connectivity index (χ1v) is 11.7. The molecule has 156 valence electrons. The van der Waals surface area contributed by atoms with Gasteiger partial charge in [0.05, 0.1) is 18.0 Å². The number of hydrogen-bond donors (Lipinski definition) is 1. The van der Waals surface area contributed by atoms with Crippen molar-refractivity contribution in [2.75, 3.05) is 15.9 Å².